The second kappa shape index (κ2) is 2.64. The van der Waals surface area contributed by atoms with Crippen LogP contribution in [0.1, 0.15) is 6.92 Å². The summed E-state index contributed by atoms with van der Waals surface area (Å²) in [5, 5.41) is 0. The number of hydrogen-bond acceptors (Lipinski definition) is 1. The fraction of sp³-hybridized carbons (Fsp3) is 0.200. The molecule has 0 saturated heterocycles. The zero-order valence-corrected chi connectivity index (χ0v) is 3.77. The molecule has 0 aromatic carbocycles. The van der Waals surface area contributed by atoms with Crippen LogP contribution in [0.4, 0.5) is 0 Å². The van der Waals surface area contributed by atoms with Gasteiger partial charge in [0.15, 0.2) is 5.78 Å². The van der Waals surface area contributed by atoms with Crippen LogP contribution in [-0.2, 0) is 4.79 Å². The lowest BCUT2D eigenvalue weighted by molar-refractivity contribution is -0.110. The lowest BCUT2D eigenvalue weighted by atomic mass is 10.4. The first kappa shape index (κ1) is 5.41. The molecule has 0 spiro atoms. The van der Waals surface area contributed by atoms with Gasteiger partial charge in [-0.05, 0) is 13.0 Å². The number of carbonyl (C=O) groups is 1. The van der Waals surface area contributed by atoms with Gasteiger partial charge in [-0.1, -0.05) is 6.08 Å². The molecule has 0 amide bonds. The molecule has 33 valence electrons. The van der Waals surface area contributed by atoms with E-state index in [0.29, 0.717) is 0 Å². The third-order valence-corrected chi connectivity index (χ3v) is 0.353. The molecule has 1 nitrogen and oxygen atoms in total. The summed E-state index contributed by atoms with van der Waals surface area (Å²) < 4.78 is 0. The summed E-state index contributed by atoms with van der Waals surface area (Å²) in [6, 6.07) is 0. The van der Waals surface area contributed by atoms with E-state index >= 15 is 0 Å². The second-order valence-electron chi connectivity index (χ2n) is 0.966. The molecule has 6 heavy (non-hydrogen) atoms. The van der Waals surface area contributed by atoms with Gasteiger partial charge in [0.25, 0.3) is 0 Å². The van der Waals surface area contributed by atoms with E-state index < -0.39 is 0 Å². The lowest BCUT2D eigenvalue weighted by Gasteiger charge is -1.67. The zero-order chi connectivity index (χ0) is 4.99. The Bertz CT molecular complexity index is 72.0. The maximum atomic E-state index is 9.85. The summed E-state index contributed by atoms with van der Waals surface area (Å²) in [5.41, 5.74) is 0. The minimum Gasteiger partial charge on any atom is -0.295 e. The van der Waals surface area contributed by atoms with E-state index in [1.165, 1.54) is 6.08 Å². The van der Waals surface area contributed by atoms with Crippen LogP contribution in [0.25, 0.3) is 0 Å². The summed E-state index contributed by atoms with van der Waals surface area (Å²) in [6.45, 7) is 4.88. The van der Waals surface area contributed by atoms with Gasteiger partial charge in [0, 0.05) is 6.92 Å². The summed E-state index contributed by atoms with van der Waals surface area (Å²) in [4.78, 5) is 9.85. The summed E-state index contributed by atoms with van der Waals surface area (Å²) >= 11 is 0. The van der Waals surface area contributed by atoms with Crippen molar-refractivity contribution in [2.24, 2.45) is 0 Å². The highest BCUT2D eigenvalue weighted by Crippen LogP contribution is 1.68. The Hall–Kier alpha value is -0.590. The molecule has 0 aromatic heterocycles. The molecule has 0 rings (SSSR count). The van der Waals surface area contributed by atoms with Crippen molar-refractivity contribution < 1.29 is 4.79 Å². The van der Waals surface area contributed by atoms with E-state index in [1.54, 1.807) is 13.0 Å². The van der Waals surface area contributed by atoms with Crippen LogP contribution in [0.5, 0.6) is 0 Å². The lowest BCUT2D eigenvalue weighted by Crippen LogP contribution is -1.77. The monoisotopic (exact) mass is 83.0 g/mol. The Morgan fingerprint density at radius 2 is 2.33 bits per heavy atom. The zero-order valence-electron chi connectivity index (χ0n) is 3.77. The van der Waals surface area contributed by atoms with Gasteiger partial charge in [0.1, 0.15) is 0 Å². The maximum absolute atomic E-state index is 9.85. The average Bonchev–Trinajstić information content (AvgIpc) is 1.35. The van der Waals surface area contributed by atoms with Gasteiger partial charge in [-0.2, -0.15) is 0 Å². The van der Waals surface area contributed by atoms with E-state index in [2.05, 4.69) is 6.92 Å². The van der Waals surface area contributed by atoms with E-state index in [1.807, 2.05) is 0 Å². The number of ketones is 1. The number of allylic oxidation sites excluding steroid dienone is 2. The van der Waals surface area contributed by atoms with Crippen molar-refractivity contribution in [1.29, 1.82) is 0 Å². The minimum absolute atomic E-state index is 0.141. The predicted molar refractivity (Wildman–Crippen MR) is 25.2 cm³/mol. The van der Waals surface area contributed by atoms with Gasteiger partial charge in [-0.15, -0.1) is 0 Å². The number of rotatable bonds is 1. The molecular formula is C5H7O. The molecule has 0 bridgehead atoms. The van der Waals surface area contributed by atoms with Crippen LogP contribution < -0.4 is 0 Å². The van der Waals surface area contributed by atoms with Crippen molar-refractivity contribution in [3.05, 3.63) is 19.1 Å². The highest BCUT2D eigenvalue weighted by atomic mass is 16.1. The molecule has 0 heterocycles. The Kier molecular flexibility index (Phi) is 2.38. The van der Waals surface area contributed by atoms with Gasteiger partial charge < -0.3 is 0 Å². The first-order valence-electron chi connectivity index (χ1n) is 1.76. The van der Waals surface area contributed by atoms with Crippen LogP contribution in [0, 0.1) is 6.92 Å². The highest BCUT2D eigenvalue weighted by molar-refractivity contribution is 5.92. The van der Waals surface area contributed by atoms with Crippen LogP contribution in [-0.4, -0.2) is 5.78 Å². The standard InChI is InChI=1S/C5H7O/c1-3-4-5(2)6/h3-4H,2H2,1H3/b4-3-. The number of carbonyl (C=O) groups excluding carboxylic acids is 1. The van der Waals surface area contributed by atoms with Gasteiger partial charge >= 0.3 is 0 Å². The van der Waals surface area contributed by atoms with Gasteiger partial charge in [-0.3, -0.25) is 4.79 Å². The fourth-order valence-corrected chi connectivity index (χ4v) is 0.186. The molecule has 0 unspecified atom stereocenters. The number of hydrogen-bond donors (Lipinski definition) is 0. The Labute approximate surface area is 37.7 Å². The van der Waals surface area contributed by atoms with Crippen molar-refractivity contribution in [2.45, 2.75) is 6.92 Å². The van der Waals surface area contributed by atoms with Crippen LogP contribution in [0.3, 0.4) is 0 Å². The predicted octanol–water partition coefficient (Wildman–Crippen LogP) is 0.966. The Morgan fingerprint density at radius 1 is 1.83 bits per heavy atom. The van der Waals surface area contributed by atoms with Crippen molar-refractivity contribution >= 4 is 5.78 Å². The van der Waals surface area contributed by atoms with Crippen molar-refractivity contribution in [3.63, 3.8) is 0 Å². The van der Waals surface area contributed by atoms with Gasteiger partial charge in [-0.25, -0.2) is 0 Å². The van der Waals surface area contributed by atoms with E-state index in [-0.39, 0.29) is 5.78 Å². The van der Waals surface area contributed by atoms with E-state index in [9.17, 15) is 4.79 Å². The largest absolute Gasteiger partial charge is 0.295 e. The molecule has 1 heteroatoms. The SMILES string of the molecule is [CH2]C(=O)/C=C\C. The van der Waals surface area contributed by atoms with Crippen LogP contribution >= 0.6 is 0 Å². The maximum Gasteiger partial charge on any atom is 0.155 e. The molecule has 1 radical (unpaired) electrons. The first-order chi connectivity index (χ1) is 2.77. The quantitative estimate of drug-likeness (QED) is 0.431. The van der Waals surface area contributed by atoms with E-state index in [4.69, 9.17) is 0 Å². The summed E-state index contributed by atoms with van der Waals surface area (Å²) in [7, 11) is 0. The third kappa shape index (κ3) is 3.41. The van der Waals surface area contributed by atoms with Gasteiger partial charge in [0.2, 0.25) is 0 Å². The van der Waals surface area contributed by atoms with Crippen molar-refractivity contribution in [3.8, 4) is 0 Å². The molecule has 0 aliphatic rings. The van der Waals surface area contributed by atoms with Crippen molar-refractivity contribution in [1.82, 2.24) is 0 Å². The summed E-state index contributed by atoms with van der Waals surface area (Å²) in [5.74, 6) is -0.141. The molecule has 0 saturated carbocycles. The van der Waals surface area contributed by atoms with Crippen LogP contribution in [0.2, 0.25) is 0 Å². The molecule has 0 aliphatic heterocycles. The van der Waals surface area contributed by atoms with Crippen molar-refractivity contribution in [2.75, 3.05) is 0 Å². The Balaban J connectivity index is 3.30. The highest BCUT2D eigenvalue weighted by Gasteiger charge is 1.73. The second-order valence-corrected chi connectivity index (χ2v) is 0.966. The molecule has 0 aliphatic carbocycles. The first-order valence-corrected chi connectivity index (χ1v) is 1.76. The topological polar surface area (TPSA) is 17.1 Å². The molecule has 0 atom stereocenters. The fourth-order valence-electron chi connectivity index (χ4n) is 0.186. The molecule has 0 fully saturated rings. The van der Waals surface area contributed by atoms with Crippen LogP contribution in [0.15, 0.2) is 12.2 Å². The average molecular weight is 83.1 g/mol. The third-order valence-electron chi connectivity index (χ3n) is 0.353. The summed E-state index contributed by atoms with van der Waals surface area (Å²) in [6.07, 6.45) is 3.08. The normalized spacial score (nSPS) is 9.67. The molecule has 0 aromatic rings. The minimum atomic E-state index is -0.141. The molecule has 0 N–H and O–H groups in total. The van der Waals surface area contributed by atoms with Gasteiger partial charge in [0.05, 0.1) is 0 Å². The smallest absolute Gasteiger partial charge is 0.155 e. The Morgan fingerprint density at radius 3 is 2.33 bits per heavy atom. The molecular weight excluding hydrogens is 76.1 g/mol. The van der Waals surface area contributed by atoms with E-state index in [0.717, 1.165) is 0 Å².